The average molecular weight is 340 g/mol. The van der Waals surface area contributed by atoms with Gasteiger partial charge in [-0.2, -0.15) is 4.68 Å². The fraction of sp³-hybridized carbons (Fsp3) is 0.188. The normalized spacial score (nSPS) is 11.9. The lowest BCUT2D eigenvalue weighted by Gasteiger charge is -2.14. The molecule has 0 saturated carbocycles. The minimum absolute atomic E-state index is 0.0990. The topological polar surface area (TPSA) is 85.6 Å². The zero-order valence-electron chi connectivity index (χ0n) is 13.0. The summed E-state index contributed by atoms with van der Waals surface area (Å²) in [5.41, 5.74) is 1.52. The van der Waals surface area contributed by atoms with Gasteiger partial charge in [0.2, 0.25) is 11.1 Å². The fourth-order valence-corrected chi connectivity index (χ4v) is 3.01. The molecule has 0 saturated heterocycles. The van der Waals surface area contributed by atoms with Gasteiger partial charge in [-0.25, -0.2) is 0 Å². The van der Waals surface area contributed by atoms with Crippen molar-refractivity contribution in [3.05, 3.63) is 54.9 Å². The number of hydrogen-bond donors (Lipinski definition) is 1. The number of carbonyl (C=O) groups is 1. The van der Waals surface area contributed by atoms with Crippen LogP contribution in [0.25, 0.3) is 5.69 Å². The first-order valence-corrected chi connectivity index (χ1v) is 8.37. The Bertz CT molecular complexity index is 793. The van der Waals surface area contributed by atoms with Crippen LogP contribution in [0, 0.1) is 0 Å². The van der Waals surface area contributed by atoms with Crippen LogP contribution in [0.1, 0.15) is 13.3 Å². The molecule has 0 aliphatic carbocycles. The Morgan fingerprint density at radius 2 is 2.08 bits per heavy atom. The lowest BCUT2D eigenvalue weighted by atomic mass is 10.3. The second-order valence-corrected chi connectivity index (χ2v) is 6.12. The summed E-state index contributed by atoms with van der Waals surface area (Å²) in [7, 11) is 0. The molecule has 0 aliphatic heterocycles. The van der Waals surface area contributed by atoms with E-state index in [2.05, 4.69) is 25.8 Å². The van der Waals surface area contributed by atoms with Crippen molar-refractivity contribution in [3.8, 4) is 5.69 Å². The number of nitrogens with zero attached hydrogens (tertiary/aromatic N) is 5. The minimum atomic E-state index is -0.307. The Kier molecular flexibility index (Phi) is 5.17. The van der Waals surface area contributed by atoms with E-state index < -0.39 is 0 Å². The highest BCUT2D eigenvalue weighted by Crippen LogP contribution is 2.25. The summed E-state index contributed by atoms with van der Waals surface area (Å²) in [5, 5.41) is 14.9. The van der Waals surface area contributed by atoms with Gasteiger partial charge in [-0.05, 0) is 41.1 Å². The maximum absolute atomic E-state index is 12.5. The average Bonchev–Trinajstić information content (AvgIpc) is 3.09. The predicted molar refractivity (Wildman–Crippen MR) is 92.0 cm³/mol. The SMILES string of the molecule is CCC(Sc1nnnn1-c1ccccc1)C(=O)Nc1cccnc1. The number of rotatable bonds is 6. The van der Waals surface area contributed by atoms with Crippen LogP contribution in [0.5, 0.6) is 0 Å². The Morgan fingerprint density at radius 3 is 2.79 bits per heavy atom. The molecule has 2 aromatic heterocycles. The smallest absolute Gasteiger partial charge is 0.238 e. The molecule has 0 radical (unpaired) electrons. The molecule has 24 heavy (non-hydrogen) atoms. The van der Waals surface area contributed by atoms with Crippen LogP contribution in [-0.2, 0) is 4.79 Å². The molecule has 1 amide bonds. The number of para-hydroxylation sites is 1. The third-order valence-electron chi connectivity index (χ3n) is 3.28. The van der Waals surface area contributed by atoms with E-state index in [1.165, 1.54) is 11.8 Å². The van der Waals surface area contributed by atoms with E-state index in [0.29, 0.717) is 17.3 Å². The molecule has 0 fully saturated rings. The molecule has 0 spiro atoms. The first-order valence-electron chi connectivity index (χ1n) is 7.49. The second-order valence-electron chi connectivity index (χ2n) is 4.95. The number of nitrogens with one attached hydrogen (secondary N) is 1. The first-order chi connectivity index (χ1) is 11.8. The lowest BCUT2D eigenvalue weighted by molar-refractivity contribution is -0.115. The van der Waals surface area contributed by atoms with Crippen LogP contribution in [0.4, 0.5) is 5.69 Å². The molecule has 2 heterocycles. The molecular weight excluding hydrogens is 324 g/mol. The van der Waals surface area contributed by atoms with Crippen molar-refractivity contribution >= 4 is 23.4 Å². The van der Waals surface area contributed by atoms with Gasteiger partial charge in [-0.1, -0.05) is 36.9 Å². The standard InChI is InChI=1S/C16H16N6OS/c1-2-14(15(23)18-12-7-6-10-17-11-12)24-16-19-20-21-22(16)13-8-4-3-5-9-13/h3-11,14H,2H2,1H3,(H,18,23). The van der Waals surface area contributed by atoms with Crippen molar-refractivity contribution in [2.24, 2.45) is 0 Å². The maximum Gasteiger partial charge on any atom is 0.238 e. The van der Waals surface area contributed by atoms with Crippen LogP contribution in [-0.4, -0.2) is 36.3 Å². The molecule has 7 nitrogen and oxygen atoms in total. The third-order valence-corrected chi connectivity index (χ3v) is 4.58. The van der Waals surface area contributed by atoms with E-state index in [0.717, 1.165) is 5.69 Å². The highest BCUT2D eigenvalue weighted by Gasteiger charge is 2.22. The van der Waals surface area contributed by atoms with Crippen molar-refractivity contribution in [3.63, 3.8) is 0 Å². The number of carbonyl (C=O) groups excluding carboxylic acids is 1. The Labute approximate surface area is 143 Å². The van der Waals surface area contributed by atoms with Crippen molar-refractivity contribution in [2.75, 3.05) is 5.32 Å². The van der Waals surface area contributed by atoms with Crippen LogP contribution >= 0.6 is 11.8 Å². The summed E-state index contributed by atoms with van der Waals surface area (Å²) >= 11 is 1.34. The van der Waals surface area contributed by atoms with Crippen LogP contribution in [0.3, 0.4) is 0 Å². The van der Waals surface area contributed by atoms with Gasteiger partial charge >= 0.3 is 0 Å². The highest BCUT2D eigenvalue weighted by molar-refractivity contribution is 8.00. The van der Waals surface area contributed by atoms with E-state index in [1.54, 1.807) is 29.2 Å². The molecule has 1 N–H and O–H groups in total. The van der Waals surface area contributed by atoms with Crippen LogP contribution in [0.15, 0.2) is 60.0 Å². The summed E-state index contributed by atoms with van der Waals surface area (Å²) in [6.07, 6.45) is 3.93. The monoisotopic (exact) mass is 340 g/mol. The third kappa shape index (κ3) is 3.77. The molecule has 1 aromatic carbocycles. The van der Waals surface area contributed by atoms with Crippen molar-refractivity contribution < 1.29 is 4.79 Å². The maximum atomic E-state index is 12.5. The van der Waals surface area contributed by atoms with Gasteiger partial charge in [0.25, 0.3) is 0 Å². The molecule has 1 unspecified atom stereocenters. The summed E-state index contributed by atoms with van der Waals surface area (Å²) in [6.45, 7) is 1.96. The van der Waals surface area contributed by atoms with Crippen molar-refractivity contribution in [2.45, 2.75) is 23.8 Å². The van der Waals surface area contributed by atoms with Crippen LogP contribution < -0.4 is 5.32 Å². The fourth-order valence-electron chi connectivity index (χ4n) is 2.09. The molecular formula is C16H16N6OS. The largest absolute Gasteiger partial charge is 0.324 e. The van der Waals surface area contributed by atoms with Gasteiger partial charge in [0.15, 0.2) is 0 Å². The molecule has 0 bridgehead atoms. The molecule has 3 rings (SSSR count). The lowest BCUT2D eigenvalue weighted by Crippen LogP contribution is -2.25. The summed E-state index contributed by atoms with van der Waals surface area (Å²) in [5.74, 6) is -0.0990. The number of anilines is 1. The van der Waals surface area contributed by atoms with Gasteiger partial charge < -0.3 is 5.32 Å². The van der Waals surface area contributed by atoms with E-state index in [9.17, 15) is 4.79 Å². The first kappa shape index (κ1) is 16.1. The van der Waals surface area contributed by atoms with E-state index in [-0.39, 0.29) is 11.2 Å². The molecule has 8 heteroatoms. The number of amides is 1. The van der Waals surface area contributed by atoms with Crippen molar-refractivity contribution in [1.29, 1.82) is 0 Å². The van der Waals surface area contributed by atoms with Gasteiger partial charge in [0.1, 0.15) is 0 Å². The molecule has 1 atom stereocenters. The Balaban J connectivity index is 1.74. The number of aromatic nitrogens is 5. The van der Waals surface area contributed by atoms with E-state index in [1.807, 2.05) is 37.3 Å². The summed E-state index contributed by atoms with van der Waals surface area (Å²) < 4.78 is 1.63. The van der Waals surface area contributed by atoms with Crippen molar-refractivity contribution in [1.82, 2.24) is 25.2 Å². The quantitative estimate of drug-likeness (QED) is 0.694. The number of pyridine rings is 1. The van der Waals surface area contributed by atoms with Gasteiger partial charge in [0.05, 0.1) is 22.8 Å². The summed E-state index contributed by atoms with van der Waals surface area (Å²) in [6, 6.07) is 13.2. The minimum Gasteiger partial charge on any atom is -0.324 e. The number of tetrazole rings is 1. The molecule has 122 valence electrons. The Hall–Kier alpha value is -2.74. The highest BCUT2D eigenvalue weighted by atomic mass is 32.2. The number of thioether (sulfide) groups is 1. The van der Waals surface area contributed by atoms with E-state index in [4.69, 9.17) is 0 Å². The zero-order valence-corrected chi connectivity index (χ0v) is 13.8. The molecule has 0 aliphatic rings. The number of benzene rings is 1. The second kappa shape index (κ2) is 7.69. The van der Waals surface area contributed by atoms with Gasteiger partial charge in [-0.3, -0.25) is 9.78 Å². The predicted octanol–water partition coefficient (Wildman–Crippen LogP) is 2.57. The van der Waals surface area contributed by atoms with E-state index >= 15 is 0 Å². The molecule has 3 aromatic rings. The number of hydrogen-bond acceptors (Lipinski definition) is 6. The van der Waals surface area contributed by atoms with Gasteiger partial charge in [-0.15, -0.1) is 5.10 Å². The Morgan fingerprint density at radius 1 is 1.25 bits per heavy atom. The zero-order chi connectivity index (χ0) is 16.8. The van der Waals surface area contributed by atoms with Gasteiger partial charge in [0, 0.05) is 6.20 Å². The van der Waals surface area contributed by atoms with Crippen LogP contribution in [0.2, 0.25) is 0 Å². The summed E-state index contributed by atoms with van der Waals surface area (Å²) in [4.78, 5) is 16.5.